The van der Waals surface area contributed by atoms with Crippen molar-refractivity contribution in [2.45, 2.75) is 0 Å². The van der Waals surface area contributed by atoms with Crippen molar-refractivity contribution in [3.8, 4) is 5.69 Å². The molecule has 2 aromatic carbocycles. The molecule has 0 fully saturated rings. The van der Waals surface area contributed by atoms with Crippen molar-refractivity contribution in [2.24, 2.45) is 0 Å². The number of nitro benzene ring substituents is 1. The highest BCUT2D eigenvalue weighted by Crippen LogP contribution is 2.24. The molecule has 2 aromatic heterocycles. The maximum atomic E-state index is 12.4. The molecule has 29 heavy (non-hydrogen) atoms. The maximum absolute atomic E-state index is 12.4. The first-order valence-electron chi connectivity index (χ1n) is 8.48. The number of nitrogens with one attached hydrogen (secondary N) is 3. The molecule has 0 radical (unpaired) electrons. The Bertz CT molecular complexity index is 1230. The van der Waals surface area contributed by atoms with Crippen LogP contribution in [0.4, 0.5) is 5.69 Å². The number of aromatic nitrogens is 3. The summed E-state index contributed by atoms with van der Waals surface area (Å²) in [6, 6.07) is 11.2. The minimum Gasteiger partial charge on any atom is -0.360 e. The van der Waals surface area contributed by atoms with Crippen molar-refractivity contribution in [3.63, 3.8) is 0 Å². The predicted octanol–water partition coefficient (Wildman–Crippen LogP) is 2.34. The van der Waals surface area contributed by atoms with Gasteiger partial charge in [-0.2, -0.15) is 0 Å². The smallest absolute Gasteiger partial charge is 0.294 e. The largest absolute Gasteiger partial charge is 0.360 e. The Morgan fingerprint density at radius 1 is 1.10 bits per heavy atom. The number of H-pyrrole nitrogens is 1. The average Bonchev–Trinajstić information content (AvgIpc) is 3.41. The lowest BCUT2D eigenvalue weighted by Crippen LogP contribution is -2.41. The van der Waals surface area contributed by atoms with E-state index in [4.69, 9.17) is 0 Å². The quantitative estimate of drug-likeness (QED) is 0.363. The molecular weight excluding hydrogens is 376 g/mol. The van der Waals surface area contributed by atoms with Crippen molar-refractivity contribution in [1.29, 1.82) is 0 Å². The molecule has 0 aliphatic heterocycles. The fourth-order valence-electron chi connectivity index (χ4n) is 2.94. The van der Waals surface area contributed by atoms with E-state index in [0.717, 1.165) is 11.6 Å². The zero-order valence-corrected chi connectivity index (χ0v) is 14.8. The van der Waals surface area contributed by atoms with Gasteiger partial charge in [0, 0.05) is 41.1 Å². The van der Waals surface area contributed by atoms with Gasteiger partial charge in [0.15, 0.2) is 0 Å². The van der Waals surface area contributed by atoms with Gasteiger partial charge in [0.25, 0.3) is 17.5 Å². The van der Waals surface area contributed by atoms with E-state index in [1.54, 1.807) is 18.3 Å². The molecule has 0 aliphatic rings. The van der Waals surface area contributed by atoms with E-state index in [1.807, 2.05) is 12.1 Å². The minimum atomic E-state index is -0.682. The van der Waals surface area contributed by atoms with Crippen LogP contribution in [0, 0.1) is 10.1 Å². The number of hydrazine groups is 1. The molecule has 2 amide bonds. The highest BCUT2D eigenvalue weighted by molar-refractivity contribution is 6.07. The van der Waals surface area contributed by atoms with E-state index in [2.05, 4.69) is 20.8 Å². The van der Waals surface area contributed by atoms with Crippen molar-refractivity contribution < 1.29 is 14.5 Å². The van der Waals surface area contributed by atoms with E-state index in [1.165, 1.54) is 35.4 Å². The van der Waals surface area contributed by atoms with Crippen molar-refractivity contribution in [1.82, 2.24) is 25.4 Å². The van der Waals surface area contributed by atoms with Gasteiger partial charge in [-0.3, -0.25) is 30.6 Å². The molecule has 3 N–H and O–H groups in total. The van der Waals surface area contributed by atoms with Crippen LogP contribution in [0.5, 0.6) is 0 Å². The summed E-state index contributed by atoms with van der Waals surface area (Å²) in [6.07, 6.45) is 6.01. The SMILES string of the molecule is O=C(NNC(=O)c1c[nH]c2ccccc12)c1ccc(-n2ccnc2)c([N+](=O)[O-])c1. The van der Waals surface area contributed by atoms with Crippen LogP contribution in [-0.4, -0.2) is 31.3 Å². The first-order valence-corrected chi connectivity index (χ1v) is 8.48. The third-order valence-electron chi connectivity index (χ3n) is 4.34. The number of fused-ring (bicyclic) bond motifs is 1. The normalized spacial score (nSPS) is 10.6. The number of nitro groups is 1. The van der Waals surface area contributed by atoms with E-state index in [9.17, 15) is 19.7 Å². The van der Waals surface area contributed by atoms with Gasteiger partial charge >= 0.3 is 0 Å². The van der Waals surface area contributed by atoms with Crippen LogP contribution < -0.4 is 10.9 Å². The monoisotopic (exact) mass is 390 g/mol. The minimum absolute atomic E-state index is 0.0276. The summed E-state index contributed by atoms with van der Waals surface area (Å²) in [4.78, 5) is 42.4. The van der Waals surface area contributed by atoms with Crippen LogP contribution in [0.15, 0.2) is 67.4 Å². The first-order chi connectivity index (χ1) is 14.0. The standard InChI is InChI=1S/C19H14N6O4/c26-18(22-23-19(27)14-10-21-15-4-2-1-3-13(14)15)12-5-6-16(17(9-12)25(28)29)24-8-7-20-11-24/h1-11,21H,(H,22,26)(H,23,27). The molecule has 0 aliphatic carbocycles. The van der Waals surface area contributed by atoms with Gasteiger partial charge < -0.3 is 9.55 Å². The van der Waals surface area contributed by atoms with Gasteiger partial charge in [-0.05, 0) is 18.2 Å². The Hall–Kier alpha value is -4.47. The summed E-state index contributed by atoms with van der Waals surface area (Å²) in [7, 11) is 0. The van der Waals surface area contributed by atoms with E-state index >= 15 is 0 Å². The molecular formula is C19H14N6O4. The molecule has 0 atom stereocenters. The number of carbonyl (C=O) groups is 2. The molecule has 0 saturated carbocycles. The van der Waals surface area contributed by atoms with Gasteiger partial charge in [0.1, 0.15) is 5.69 Å². The fourth-order valence-corrected chi connectivity index (χ4v) is 2.94. The van der Waals surface area contributed by atoms with E-state index < -0.39 is 16.7 Å². The number of aromatic amines is 1. The zero-order chi connectivity index (χ0) is 20.4. The highest BCUT2D eigenvalue weighted by atomic mass is 16.6. The number of amides is 2. The number of hydrogen-bond acceptors (Lipinski definition) is 5. The average molecular weight is 390 g/mol. The van der Waals surface area contributed by atoms with Crippen LogP contribution in [-0.2, 0) is 0 Å². The van der Waals surface area contributed by atoms with Crippen molar-refractivity contribution in [3.05, 3.63) is 88.6 Å². The molecule has 0 saturated heterocycles. The molecule has 10 heteroatoms. The lowest BCUT2D eigenvalue weighted by molar-refractivity contribution is -0.384. The molecule has 0 bridgehead atoms. The van der Waals surface area contributed by atoms with E-state index in [0.29, 0.717) is 10.9 Å². The molecule has 0 spiro atoms. The van der Waals surface area contributed by atoms with Crippen LogP contribution in [0.3, 0.4) is 0 Å². The number of nitrogens with zero attached hydrogens (tertiary/aromatic N) is 3. The van der Waals surface area contributed by atoms with Gasteiger partial charge in [0.2, 0.25) is 0 Å². The Balaban J connectivity index is 1.52. The second-order valence-corrected chi connectivity index (χ2v) is 6.09. The molecule has 10 nitrogen and oxygen atoms in total. The first kappa shape index (κ1) is 17.9. The lowest BCUT2D eigenvalue weighted by Gasteiger charge is -2.09. The second-order valence-electron chi connectivity index (χ2n) is 6.09. The van der Waals surface area contributed by atoms with Gasteiger partial charge in [0.05, 0.1) is 16.8 Å². The Kier molecular flexibility index (Phi) is 4.49. The van der Waals surface area contributed by atoms with Gasteiger partial charge in [-0.25, -0.2) is 4.98 Å². The third-order valence-corrected chi connectivity index (χ3v) is 4.34. The summed E-state index contributed by atoms with van der Waals surface area (Å²) >= 11 is 0. The number of imidazole rings is 1. The molecule has 2 heterocycles. The lowest BCUT2D eigenvalue weighted by atomic mass is 10.1. The molecule has 0 unspecified atom stereocenters. The highest BCUT2D eigenvalue weighted by Gasteiger charge is 2.19. The van der Waals surface area contributed by atoms with Crippen molar-refractivity contribution in [2.75, 3.05) is 0 Å². The Labute approximate surface area is 163 Å². The summed E-state index contributed by atoms with van der Waals surface area (Å²) in [5.74, 6) is -1.20. The van der Waals surface area contributed by atoms with Crippen LogP contribution in [0.2, 0.25) is 0 Å². The number of para-hydroxylation sites is 1. The van der Waals surface area contributed by atoms with Crippen molar-refractivity contribution >= 4 is 28.4 Å². The number of rotatable bonds is 4. The van der Waals surface area contributed by atoms with Gasteiger partial charge in [-0.1, -0.05) is 18.2 Å². The maximum Gasteiger partial charge on any atom is 0.294 e. The van der Waals surface area contributed by atoms with Crippen LogP contribution >= 0.6 is 0 Å². The predicted molar refractivity (Wildman–Crippen MR) is 103 cm³/mol. The topological polar surface area (TPSA) is 135 Å². The Morgan fingerprint density at radius 3 is 2.66 bits per heavy atom. The van der Waals surface area contributed by atoms with Crippen LogP contribution in [0.1, 0.15) is 20.7 Å². The summed E-state index contributed by atoms with van der Waals surface area (Å²) < 4.78 is 1.47. The van der Waals surface area contributed by atoms with Crippen LogP contribution in [0.25, 0.3) is 16.6 Å². The fraction of sp³-hybridized carbons (Fsp3) is 0. The van der Waals surface area contributed by atoms with Gasteiger partial charge in [-0.15, -0.1) is 0 Å². The summed E-state index contributed by atoms with van der Waals surface area (Å²) in [5.41, 5.74) is 5.78. The number of hydrogen-bond donors (Lipinski definition) is 3. The molecule has 4 rings (SSSR count). The third kappa shape index (κ3) is 3.41. The van der Waals surface area contributed by atoms with E-state index in [-0.39, 0.29) is 16.9 Å². The second kappa shape index (κ2) is 7.27. The number of carbonyl (C=O) groups excluding carboxylic acids is 2. The summed E-state index contributed by atoms with van der Waals surface area (Å²) in [6.45, 7) is 0. The summed E-state index contributed by atoms with van der Waals surface area (Å²) in [5, 5.41) is 12.1. The Morgan fingerprint density at radius 2 is 1.90 bits per heavy atom. The molecule has 144 valence electrons. The molecule has 4 aromatic rings. The zero-order valence-electron chi connectivity index (χ0n) is 14.8. The number of benzene rings is 2.